The van der Waals surface area contributed by atoms with Gasteiger partial charge in [-0.1, -0.05) is 18.2 Å². The van der Waals surface area contributed by atoms with Crippen molar-refractivity contribution in [3.8, 4) is 17.2 Å². The molecule has 1 amide bonds. The molecule has 0 aliphatic heterocycles. The second kappa shape index (κ2) is 7.00. The number of aromatic hydroxyl groups is 1. The number of benzene rings is 2. The Morgan fingerprint density at radius 2 is 1.88 bits per heavy atom. The van der Waals surface area contributed by atoms with E-state index in [1.165, 1.54) is 13.1 Å². The highest BCUT2D eigenvalue weighted by molar-refractivity contribution is 6.02. The van der Waals surface area contributed by atoms with Gasteiger partial charge in [0.15, 0.2) is 11.4 Å². The number of carbonyl (C=O) groups excluding carboxylic acids is 2. The number of carbonyl (C=O) groups is 2. The molecule has 3 rings (SSSR count). The molecule has 2 N–H and O–H groups in total. The Labute approximate surface area is 144 Å². The molecule has 0 radical (unpaired) electrons. The molecule has 0 bridgehead atoms. The summed E-state index contributed by atoms with van der Waals surface area (Å²) < 4.78 is 5.74. The molecule has 2 aromatic carbocycles. The van der Waals surface area contributed by atoms with Crippen molar-refractivity contribution in [2.24, 2.45) is 0 Å². The van der Waals surface area contributed by atoms with Crippen molar-refractivity contribution < 1.29 is 19.4 Å². The molecule has 126 valence electrons. The van der Waals surface area contributed by atoms with E-state index in [9.17, 15) is 14.7 Å². The molecular formula is C19H16N2O4. The van der Waals surface area contributed by atoms with Crippen molar-refractivity contribution in [3.05, 3.63) is 60.4 Å². The van der Waals surface area contributed by atoms with Crippen LogP contribution in [-0.2, 0) is 4.79 Å². The Balaban J connectivity index is 1.88. The van der Waals surface area contributed by atoms with E-state index in [0.717, 1.165) is 0 Å². The SMILES string of the molecule is CC(=O)CNC(=O)c1ncc2cc(Oc3ccccc3)ccc2c1O. The molecule has 0 unspecified atom stereocenters. The fourth-order valence-corrected chi connectivity index (χ4v) is 2.33. The number of aromatic nitrogens is 1. The molecule has 0 aliphatic carbocycles. The molecule has 0 fully saturated rings. The third-order valence-corrected chi connectivity index (χ3v) is 3.53. The summed E-state index contributed by atoms with van der Waals surface area (Å²) in [6.07, 6.45) is 1.48. The third kappa shape index (κ3) is 3.74. The molecule has 0 spiro atoms. The molecule has 0 saturated heterocycles. The molecule has 6 heteroatoms. The number of nitrogens with one attached hydrogen (secondary N) is 1. The van der Waals surface area contributed by atoms with Crippen LogP contribution in [0.15, 0.2) is 54.7 Å². The van der Waals surface area contributed by atoms with E-state index in [-0.39, 0.29) is 23.8 Å². The van der Waals surface area contributed by atoms with E-state index in [0.29, 0.717) is 22.3 Å². The summed E-state index contributed by atoms with van der Waals surface area (Å²) in [6, 6.07) is 14.4. The van der Waals surface area contributed by atoms with Crippen molar-refractivity contribution in [1.82, 2.24) is 10.3 Å². The van der Waals surface area contributed by atoms with Gasteiger partial charge in [-0.25, -0.2) is 4.98 Å². The van der Waals surface area contributed by atoms with E-state index in [4.69, 9.17) is 4.74 Å². The first-order valence-corrected chi connectivity index (χ1v) is 7.67. The monoisotopic (exact) mass is 336 g/mol. The van der Waals surface area contributed by atoms with Gasteiger partial charge in [0.2, 0.25) is 0 Å². The van der Waals surface area contributed by atoms with Crippen LogP contribution in [0.1, 0.15) is 17.4 Å². The lowest BCUT2D eigenvalue weighted by atomic mass is 10.1. The van der Waals surface area contributed by atoms with Gasteiger partial charge in [-0.3, -0.25) is 9.59 Å². The van der Waals surface area contributed by atoms with Gasteiger partial charge < -0.3 is 15.2 Å². The maximum atomic E-state index is 12.0. The van der Waals surface area contributed by atoms with E-state index in [2.05, 4.69) is 10.3 Å². The van der Waals surface area contributed by atoms with Gasteiger partial charge in [0.05, 0.1) is 6.54 Å². The highest BCUT2D eigenvalue weighted by Crippen LogP contribution is 2.31. The second-order valence-corrected chi connectivity index (χ2v) is 5.50. The number of hydrogen-bond acceptors (Lipinski definition) is 5. The number of para-hydroxylation sites is 1. The van der Waals surface area contributed by atoms with Crippen LogP contribution in [0, 0.1) is 0 Å². The van der Waals surface area contributed by atoms with Crippen molar-refractivity contribution >= 4 is 22.5 Å². The minimum absolute atomic E-state index is 0.109. The summed E-state index contributed by atoms with van der Waals surface area (Å²) in [7, 11) is 0. The van der Waals surface area contributed by atoms with Crippen LogP contribution >= 0.6 is 0 Å². The summed E-state index contributed by atoms with van der Waals surface area (Å²) >= 11 is 0. The van der Waals surface area contributed by atoms with E-state index < -0.39 is 5.91 Å². The summed E-state index contributed by atoms with van der Waals surface area (Å²) in [5.41, 5.74) is -0.120. The number of nitrogens with zero attached hydrogens (tertiary/aromatic N) is 1. The number of hydrogen-bond donors (Lipinski definition) is 2. The van der Waals surface area contributed by atoms with Crippen LogP contribution in [0.25, 0.3) is 10.8 Å². The van der Waals surface area contributed by atoms with Crippen LogP contribution in [0.4, 0.5) is 0 Å². The van der Waals surface area contributed by atoms with Crippen molar-refractivity contribution in [2.45, 2.75) is 6.92 Å². The van der Waals surface area contributed by atoms with Crippen molar-refractivity contribution in [2.75, 3.05) is 6.54 Å². The highest BCUT2D eigenvalue weighted by Gasteiger charge is 2.16. The molecule has 0 saturated carbocycles. The summed E-state index contributed by atoms with van der Waals surface area (Å²) in [4.78, 5) is 27.0. The Kier molecular flexibility index (Phi) is 4.61. The fourth-order valence-electron chi connectivity index (χ4n) is 2.33. The Morgan fingerprint density at radius 3 is 2.60 bits per heavy atom. The maximum Gasteiger partial charge on any atom is 0.274 e. The minimum Gasteiger partial charge on any atom is -0.505 e. The number of ketones is 1. The third-order valence-electron chi connectivity index (χ3n) is 3.53. The van der Waals surface area contributed by atoms with Gasteiger partial charge >= 0.3 is 0 Å². The number of amides is 1. The first-order valence-electron chi connectivity index (χ1n) is 7.67. The first-order chi connectivity index (χ1) is 12.0. The fraction of sp³-hybridized carbons (Fsp3) is 0.105. The standard InChI is InChI=1S/C19H16N2O4/c1-12(22)10-21-19(24)17-18(23)16-8-7-15(9-13(16)11-20-17)25-14-5-3-2-4-6-14/h2-9,11,23H,10H2,1H3,(H,21,24). The van der Waals surface area contributed by atoms with Gasteiger partial charge in [-0.05, 0) is 37.3 Å². The lowest BCUT2D eigenvalue weighted by Gasteiger charge is -2.09. The molecule has 1 aromatic heterocycles. The maximum absolute atomic E-state index is 12.0. The Bertz CT molecular complexity index is 939. The zero-order chi connectivity index (χ0) is 17.8. The number of ether oxygens (including phenoxy) is 1. The Morgan fingerprint density at radius 1 is 1.12 bits per heavy atom. The second-order valence-electron chi connectivity index (χ2n) is 5.50. The predicted octanol–water partition coefficient (Wildman–Crippen LogP) is 3.05. The van der Waals surface area contributed by atoms with Crippen LogP contribution in [0.3, 0.4) is 0 Å². The van der Waals surface area contributed by atoms with Crippen LogP contribution < -0.4 is 10.1 Å². The molecule has 1 heterocycles. The molecule has 25 heavy (non-hydrogen) atoms. The summed E-state index contributed by atoms with van der Waals surface area (Å²) in [6.45, 7) is 1.25. The zero-order valence-corrected chi connectivity index (χ0v) is 13.5. The number of Topliss-reactive ketones (excluding diaryl/α,β-unsaturated/α-hetero) is 1. The first kappa shape index (κ1) is 16.4. The minimum atomic E-state index is -0.598. The normalized spacial score (nSPS) is 10.4. The number of pyridine rings is 1. The van der Waals surface area contributed by atoms with Gasteiger partial charge in [0.25, 0.3) is 5.91 Å². The van der Waals surface area contributed by atoms with Gasteiger partial charge in [0.1, 0.15) is 17.3 Å². The topological polar surface area (TPSA) is 88.5 Å². The lowest BCUT2D eigenvalue weighted by molar-refractivity contribution is -0.116. The largest absolute Gasteiger partial charge is 0.505 e. The molecule has 0 atom stereocenters. The highest BCUT2D eigenvalue weighted by atomic mass is 16.5. The molecule has 3 aromatic rings. The van der Waals surface area contributed by atoms with E-state index in [1.54, 1.807) is 18.2 Å². The number of fused-ring (bicyclic) bond motifs is 1. The van der Waals surface area contributed by atoms with Gasteiger partial charge in [-0.15, -0.1) is 0 Å². The van der Waals surface area contributed by atoms with Crippen molar-refractivity contribution in [1.29, 1.82) is 0 Å². The quantitative estimate of drug-likeness (QED) is 0.747. The van der Waals surface area contributed by atoms with E-state index >= 15 is 0 Å². The Hall–Kier alpha value is -3.41. The molecule has 0 aliphatic rings. The average molecular weight is 336 g/mol. The van der Waals surface area contributed by atoms with E-state index in [1.807, 2.05) is 30.3 Å². The molecule has 6 nitrogen and oxygen atoms in total. The van der Waals surface area contributed by atoms with Crippen LogP contribution in [0.2, 0.25) is 0 Å². The van der Waals surface area contributed by atoms with Crippen LogP contribution in [0.5, 0.6) is 17.2 Å². The van der Waals surface area contributed by atoms with Gasteiger partial charge in [0, 0.05) is 17.0 Å². The van der Waals surface area contributed by atoms with Crippen molar-refractivity contribution in [3.63, 3.8) is 0 Å². The predicted molar refractivity (Wildman–Crippen MR) is 92.9 cm³/mol. The summed E-state index contributed by atoms with van der Waals surface area (Å²) in [5, 5.41) is 13.8. The van der Waals surface area contributed by atoms with Crippen LogP contribution in [-0.4, -0.2) is 28.3 Å². The lowest BCUT2D eigenvalue weighted by Crippen LogP contribution is -2.29. The molecular weight excluding hydrogens is 320 g/mol. The average Bonchev–Trinajstić information content (AvgIpc) is 2.61. The summed E-state index contributed by atoms with van der Waals surface area (Å²) in [5.74, 6) is 0.272. The van der Waals surface area contributed by atoms with Gasteiger partial charge in [-0.2, -0.15) is 0 Å². The smallest absolute Gasteiger partial charge is 0.274 e. The zero-order valence-electron chi connectivity index (χ0n) is 13.5. The number of rotatable bonds is 5.